The van der Waals surface area contributed by atoms with Gasteiger partial charge < -0.3 is 11.1 Å². The second kappa shape index (κ2) is 7.12. The molecule has 0 spiro atoms. The molecular weight excluding hydrogens is 316 g/mol. The van der Waals surface area contributed by atoms with Crippen LogP contribution in [0.25, 0.3) is 0 Å². The number of benzene rings is 1. The molecule has 0 aliphatic carbocycles. The number of rotatable bonds is 4. The van der Waals surface area contributed by atoms with E-state index in [9.17, 15) is 4.79 Å². The van der Waals surface area contributed by atoms with E-state index in [1.165, 1.54) is 0 Å². The number of amides is 1. The fourth-order valence-electron chi connectivity index (χ4n) is 1.63. The molecule has 0 bridgehead atoms. The maximum atomic E-state index is 11.7. The van der Waals surface area contributed by atoms with Crippen LogP contribution in [0.2, 0.25) is 0 Å². The van der Waals surface area contributed by atoms with Crippen molar-refractivity contribution in [3.63, 3.8) is 0 Å². The molecule has 1 rings (SSSR count). The first kappa shape index (κ1) is 17.4. The summed E-state index contributed by atoms with van der Waals surface area (Å²) in [5.74, 6) is -0.0204. The molecule has 1 amide bonds. The van der Waals surface area contributed by atoms with Crippen LogP contribution in [0.3, 0.4) is 0 Å². The Kier molecular flexibility index (Phi) is 6.89. The minimum atomic E-state index is -0.382. The fraction of sp³-hybridized carbons (Fsp3) is 0.462. The van der Waals surface area contributed by atoms with Gasteiger partial charge in [-0.25, -0.2) is 0 Å². The Morgan fingerprint density at radius 2 is 1.89 bits per heavy atom. The summed E-state index contributed by atoms with van der Waals surface area (Å²) in [5.41, 5.74) is 6.29. The van der Waals surface area contributed by atoms with E-state index in [1.807, 2.05) is 45.0 Å². The highest BCUT2D eigenvalue weighted by Gasteiger charge is 2.22. The third-order valence-electron chi connectivity index (χ3n) is 2.53. The van der Waals surface area contributed by atoms with Gasteiger partial charge in [0.1, 0.15) is 0 Å². The zero-order valence-electron chi connectivity index (χ0n) is 10.9. The number of carbonyl (C=O) groups is 1. The van der Waals surface area contributed by atoms with Gasteiger partial charge in [-0.1, -0.05) is 28.1 Å². The molecule has 3 N–H and O–H groups in total. The third kappa shape index (κ3) is 5.38. The van der Waals surface area contributed by atoms with Crippen LogP contribution >= 0.6 is 28.3 Å². The SMILES string of the molecule is CC(N)CC(=O)NC(C)(C)c1ccc(Br)cc1.Cl. The van der Waals surface area contributed by atoms with Gasteiger partial charge in [-0.3, -0.25) is 4.79 Å². The number of carbonyl (C=O) groups excluding carboxylic acids is 1. The molecule has 1 atom stereocenters. The third-order valence-corrected chi connectivity index (χ3v) is 3.05. The van der Waals surface area contributed by atoms with Crippen molar-refractivity contribution in [3.8, 4) is 0 Å². The van der Waals surface area contributed by atoms with E-state index in [0.717, 1.165) is 10.0 Å². The van der Waals surface area contributed by atoms with Gasteiger partial charge in [-0.05, 0) is 38.5 Å². The monoisotopic (exact) mass is 334 g/mol. The standard InChI is InChI=1S/C13H19BrN2O.ClH/c1-9(15)8-12(17)16-13(2,3)10-4-6-11(14)7-5-10;/h4-7,9H,8,15H2,1-3H3,(H,16,17);1H. The molecule has 0 saturated carbocycles. The first-order chi connectivity index (χ1) is 7.81. The Balaban J connectivity index is 0.00000289. The van der Waals surface area contributed by atoms with E-state index >= 15 is 0 Å². The molecule has 0 aliphatic heterocycles. The van der Waals surface area contributed by atoms with Crippen molar-refractivity contribution >= 4 is 34.2 Å². The molecule has 0 heterocycles. The number of halogens is 2. The number of hydrogen-bond acceptors (Lipinski definition) is 2. The summed E-state index contributed by atoms with van der Waals surface area (Å²) >= 11 is 3.39. The van der Waals surface area contributed by atoms with Crippen LogP contribution in [-0.4, -0.2) is 11.9 Å². The van der Waals surface area contributed by atoms with E-state index in [-0.39, 0.29) is 29.9 Å². The van der Waals surface area contributed by atoms with Crippen molar-refractivity contribution in [1.82, 2.24) is 5.32 Å². The van der Waals surface area contributed by atoms with Gasteiger partial charge in [0.2, 0.25) is 5.91 Å². The minimum Gasteiger partial charge on any atom is -0.347 e. The van der Waals surface area contributed by atoms with Gasteiger partial charge in [0, 0.05) is 16.9 Å². The first-order valence-electron chi connectivity index (χ1n) is 5.64. The summed E-state index contributed by atoms with van der Waals surface area (Å²) < 4.78 is 1.03. The molecule has 18 heavy (non-hydrogen) atoms. The van der Waals surface area contributed by atoms with Crippen LogP contribution in [0, 0.1) is 0 Å². The van der Waals surface area contributed by atoms with Gasteiger partial charge in [0.25, 0.3) is 0 Å². The van der Waals surface area contributed by atoms with Crippen molar-refractivity contribution in [2.24, 2.45) is 5.73 Å². The maximum Gasteiger partial charge on any atom is 0.222 e. The second-order valence-electron chi connectivity index (χ2n) is 4.86. The highest BCUT2D eigenvalue weighted by molar-refractivity contribution is 9.10. The Bertz CT molecular complexity index is 390. The average Bonchev–Trinajstić information content (AvgIpc) is 2.15. The summed E-state index contributed by atoms with van der Waals surface area (Å²) in [6, 6.07) is 7.81. The normalized spacial score (nSPS) is 12.5. The van der Waals surface area contributed by atoms with Crippen molar-refractivity contribution in [1.29, 1.82) is 0 Å². The lowest BCUT2D eigenvalue weighted by molar-refractivity contribution is -0.123. The highest BCUT2D eigenvalue weighted by atomic mass is 79.9. The summed E-state index contributed by atoms with van der Waals surface area (Å²) in [7, 11) is 0. The number of hydrogen-bond donors (Lipinski definition) is 2. The second-order valence-corrected chi connectivity index (χ2v) is 5.78. The molecule has 0 saturated heterocycles. The summed E-state index contributed by atoms with van der Waals surface area (Å²) in [6.45, 7) is 5.79. The van der Waals surface area contributed by atoms with Crippen LogP contribution in [-0.2, 0) is 10.3 Å². The molecule has 0 aliphatic rings. The lowest BCUT2D eigenvalue weighted by atomic mass is 9.94. The van der Waals surface area contributed by atoms with Gasteiger partial charge in [-0.15, -0.1) is 12.4 Å². The molecule has 3 nitrogen and oxygen atoms in total. The largest absolute Gasteiger partial charge is 0.347 e. The molecular formula is C13H20BrClN2O. The molecule has 102 valence electrons. The van der Waals surface area contributed by atoms with Crippen LogP contribution in [0.5, 0.6) is 0 Å². The summed E-state index contributed by atoms with van der Waals surface area (Å²) in [6.07, 6.45) is 0.347. The van der Waals surface area contributed by atoms with Crippen molar-refractivity contribution in [2.45, 2.75) is 38.8 Å². The predicted molar refractivity (Wildman–Crippen MR) is 80.8 cm³/mol. The van der Waals surface area contributed by atoms with Crippen molar-refractivity contribution in [2.75, 3.05) is 0 Å². The molecule has 1 aromatic carbocycles. The van der Waals surface area contributed by atoms with Crippen molar-refractivity contribution < 1.29 is 4.79 Å². The fourth-order valence-corrected chi connectivity index (χ4v) is 1.90. The topological polar surface area (TPSA) is 55.1 Å². The van der Waals surface area contributed by atoms with E-state index in [0.29, 0.717) is 6.42 Å². The van der Waals surface area contributed by atoms with Gasteiger partial charge in [-0.2, -0.15) is 0 Å². The Labute approximate surface area is 123 Å². The van der Waals surface area contributed by atoms with E-state index in [2.05, 4.69) is 21.2 Å². The molecule has 1 aromatic rings. The van der Waals surface area contributed by atoms with Crippen molar-refractivity contribution in [3.05, 3.63) is 34.3 Å². The van der Waals surface area contributed by atoms with E-state index in [1.54, 1.807) is 0 Å². The lowest BCUT2D eigenvalue weighted by Crippen LogP contribution is -2.42. The zero-order chi connectivity index (χ0) is 13.1. The smallest absolute Gasteiger partial charge is 0.222 e. The van der Waals surface area contributed by atoms with E-state index in [4.69, 9.17) is 5.73 Å². The molecule has 1 unspecified atom stereocenters. The molecule has 0 aromatic heterocycles. The summed E-state index contributed by atoms with van der Waals surface area (Å²) in [5, 5.41) is 2.99. The lowest BCUT2D eigenvalue weighted by Gasteiger charge is -2.27. The van der Waals surface area contributed by atoms with Crippen LogP contribution in [0.1, 0.15) is 32.8 Å². The van der Waals surface area contributed by atoms with Crippen LogP contribution in [0.4, 0.5) is 0 Å². The van der Waals surface area contributed by atoms with Gasteiger partial charge >= 0.3 is 0 Å². The maximum absolute atomic E-state index is 11.7. The molecule has 0 radical (unpaired) electrons. The Hall–Kier alpha value is -0.580. The molecule has 0 fully saturated rings. The van der Waals surface area contributed by atoms with Gasteiger partial charge in [0.05, 0.1) is 5.54 Å². The summed E-state index contributed by atoms with van der Waals surface area (Å²) in [4.78, 5) is 11.7. The minimum absolute atomic E-state index is 0. The van der Waals surface area contributed by atoms with Crippen LogP contribution in [0.15, 0.2) is 28.7 Å². The number of nitrogens with two attached hydrogens (primary N) is 1. The van der Waals surface area contributed by atoms with E-state index < -0.39 is 0 Å². The quantitative estimate of drug-likeness (QED) is 0.889. The zero-order valence-corrected chi connectivity index (χ0v) is 13.3. The van der Waals surface area contributed by atoms with Gasteiger partial charge in [0.15, 0.2) is 0 Å². The Morgan fingerprint density at radius 1 is 1.39 bits per heavy atom. The number of nitrogens with one attached hydrogen (secondary N) is 1. The van der Waals surface area contributed by atoms with Crippen LogP contribution < -0.4 is 11.1 Å². The molecule has 5 heteroatoms. The first-order valence-corrected chi connectivity index (χ1v) is 6.43. The highest BCUT2D eigenvalue weighted by Crippen LogP contribution is 2.22. The predicted octanol–water partition coefficient (Wildman–Crippen LogP) is 2.96. The average molecular weight is 336 g/mol. The Morgan fingerprint density at radius 3 is 2.33 bits per heavy atom.